The van der Waals surface area contributed by atoms with Crippen molar-refractivity contribution in [2.45, 2.75) is 328 Å². The highest BCUT2D eigenvalue weighted by Crippen LogP contribution is 2.18. The van der Waals surface area contributed by atoms with E-state index in [1.165, 1.54) is 205 Å². The Balaban J connectivity index is 4.47. The molecule has 0 aliphatic carbocycles. The third kappa shape index (κ3) is 45.2. The number of ether oxygens (including phenoxy) is 1. The van der Waals surface area contributed by atoms with E-state index in [0.717, 1.165) is 57.8 Å². The van der Waals surface area contributed by atoms with Gasteiger partial charge < -0.3 is 20.3 Å². The summed E-state index contributed by atoms with van der Waals surface area (Å²) in [6.07, 6.45) is 57.1. The zero-order valence-electron chi connectivity index (χ0n) is 42.0. The van der Waals surface area contributed by atoms with Crippen molar-refractivity contribution < 1.29 is 24.5 Å². The molecule has 0 fully saturated rings. The molecule has 3 unspecified atom stereocenters. The fourth-order valence-corrected chi connectivity index (χ4v) is 8.84. The van der Waals surface area contributed by atoms with Gasteiger partial charge in [-0.15, -0.1) is 0 Å². The lowest BCUT2D eigenvalue weighted by molar-refractivity contribution is -0.151. The monoisotopic (exact) mass is 876 g/mol. The predicted molar refractivity (Wildman–Crippen MR) is 269 cm³/mol. The van der Waals surface area contributed by atoms with Gasteiger partial charge in [-0.3, -0.25) is 9.59 Å². The Morgan fingerprint density at radius 2 is 0.774 bits per heavy atom. The van der Waals surface area contributed by atoms with Gasteiger partial charge >= 0.3 is 5.97 Å². The zero-order chi connectivity index (χ0) is 45.2. The average molecular weight is 876 g/mol. The molecule has 6 heteroatoms. The molecular weight excluding hydrogens is 767 g/mol. The summed E-state index contributed by atoms with van der Waals surface area (Å²) in [5, 5.41) is 23.8. The first kappa shape index (κ1) is 60.6. The number of amides is 1. The maximum Gasteiger partial charge on any atom is 0.306 e. The number of nitrogens with one attached hydrogen (secondary N) is 1. The summed E-state index contributed by atoms with van der Waals surface area (Å²) >= 11 is 0. The van der Waals surface area contributed by atoms with Crippen LogP contribution >= 0.6 is 0 Å². The van der Waals surface area contributed by atoms with Crippen LogP contribution < -0.4 is 5.32 Å². The molecular formula is C56H109NO5. The Morgan fingerprint density at radius 1 is 0.452 bits per heavy atom. The van der Waals surface area contributed by atoms with Gasteiger partial charge in [-0.1, -0.05) is 258 Å². The SMILES string of the molecule is CCCCCCCCCCC/C=C/CCCCCC(CC(=O)NC(CO)C(O)CCCCCCCCCCCCCCCCCCC)OC(=O)CCCCCCCCCCCC. The number of unbranched alkanes of at least 4 members (excludes halogenated alkanes) is 37. The summed E-state index contributed by atoms with van der Waals surface area (Å²) in [6, 6.07) is -0.700. The predicted octanol–water partition coefficient (Wildman–Crippen LogP) is 16.9. The molecule has 1 amide bonds. The van der Waals surface area contributed by atoms with Crippen LogP contribution in [0.1, 0.15) is 310 Å². The van der Waals surface area contributed by atoms with Crippen molar-refractivity contribution in [3.8, 4) is 0 Å². The Bertz CT molecular complexity index is 939. The van der Waals surface area contributed by atoms with Gasteiger partial charge in [0, 0.05) is 6.42 Å². The first-order valence-electron chi connectivity index (χ1n) is 27.9. The first-order chi connectivity index (χ1) is 30.5. The fourth-order valence-electron chi connectivity index (χ4n) is 8.84. The maximum atomic E-state index is 13.2. The third-order valence-corrected chi connectivity index (χ3v) is 13.1. The Kier molecular flexibility index (Phi) is 49.5. The fraction of sp³-hybridized carbons (Fsp3) is 0.929. The minimum absolute atomic E-state index is 0.0742. The minimum atomic E-state index is -0.786. The second-order valence-electron chi connectivity index (χ2n) is 19.3. The lowest BCUT2D eigenvalue weighted by Crippen LogP contribution is -2.46. The van der Waals surface area contributed by atoms with E-state index in [0.29, 0.717) is 19.3 Å². The van der Waals surface area contributed by atoms with Crippen LogP contribution in [0.4, 0.5) is 0 Å². The number of aliphatic hydroxyl groups is 2. The molecule has 0 rings (SSSR count). The van der Waals surface area contributed by atoms with Crippen LogP contribution in [-0.4, -0.2) is 46.9 Å². The highest BCUT2D eigenvalue weighted by atomic mass is 16.5. The third-order valence-electron chi connectivity index (χ3n) is 13.1. The number of hydrogen-bond donors (Lipinski definition) is 3. The Morgan fingerprint density at radius 3 is 1.16 bits per heavy atom. The number of aliphatic hydroxyl groups excluding tert-OH is 2. The molecule has 0 aromatic heterocycles. The molecule has 0 saturated heterocycles. The molecule has 0 aliphatic rings. The van der Waals surface area contributed by atoms with Crippen LogP contribution in [0.25, 0.3) is 0 Å². The summed E-state index contributed by atoms with van der Waals surface area (Å²) < 4.78 is 5.93. The minimum Gasteiger partial charge on any atom is -0.462 e. The van der Waals surface area contributed by atoms with Gasteiger partial charge in [0.25, 0.3) is 0 Å². The van der Waals surface area contributed by atoms with E-state index in [9.17, 15) is 19.8 Å². The van der Waals surface area contributed by atoms with Gasteiger partial charge in [0.05, 0.1) is 25.2 Å². The van der Waals surface area contributed by atoms with Gasteiger partial charge in [-0.05, 0) is 51.4 Å². The maximum absolute atomic E-state index is 13.2. The standard InChI is InChI=1S/C56H109NO5/c1-4-7-10-13-16-19-22-24-26-28-30-32-34-36-39-42-45-48-54(59)53(51-58)57-55(60)50-52(62-56(61)49-46-43-40-37-21-18-15-12-9-6-3)47-44-41-38-35-33-31-29-27-25-23-20-17-14-11-8-5-2/h31,33,52-54,58-59H,4-30,32,34-51H2,1-3H3,(H,57,60)/b33-31+. The van der Waals surface area contributed by atoms with E-state index in [2.05, 4.69) is 38.2 Å². The highest BCUT2D eigenvalue weighted by Gasteiger charge is 2.24. The van der Waals surface area contributed by atoms with Crippen LogP contribution in [0, 0.1) is 0 Å². The van der Waals surface area contributed by atoms with Gasteiger partial charge in [0.15, 0.2) is 0 Å². The van der Waals surface area contributed by atoms with Gasteiger partial charge in [-0.25, -0.2) is 0 Å². The Labute approximate surface area is 387 Å². The summed E-state index contributed by atoms with van der Waals surface area (Å²) in [4.78, 5) is 26.1. The summed E-state index contributed by atoms with van der Waals surface area (Å²) in [7, 11) is 0. The quantitative estimate of drug-likeness (QED) is 0.0321. The van der Waals surface area contributed by atoms with Crippen LogP contribution in [0.15, 0.2) is 12.2 Å². The second kappa shape index (κ2) is 50.6. The molecule has 368 valence electrons. The molecule has 0 aromatic rings. The number of hydrogen-bond acceptors (Lipinski definition) is 5. The number of carbonyl (C=O) groups is 2. The van der Waals surface area contributed by atoms with Crippen molar-refractivity contribution in [2.24, 2.45) is 0 Å². The topological polar surface area (TPSA) is 95.9 Å². The van der Waals surface area contributed by atoms with Gasteiger partial charge in [-0.2, -0.15) is 0 Å². The van der Waals surface area contributed by atoms with Crippen LogP contribution in [0.5, 0.6) is 0 Å². The smallest absolute Gasteiger partial charge is 0.306 e. The van der Waals surface area contributed by atoms with Gasteiger partial charge in [0.2, 0.25) is 5.91 Å². The van der Waals surface area contributed by atoms with Crippen molar-refractivity contribution >= 4 is 11.9 Å². The summed E-state index contributed by atoms with van der Waals surface area (Å²) in [5.41, 5.74) is 0. The summed E-state index contributed by atoms with van der Waals surface area (Å²) in [5.74, 6) is -0.471. The molecule has 3 atom stereocenters. The molecule has 0 bridgehead atoms. The number of carbonyl (C=O) groups excluding carboxylic acids is 2. The van der Waals surface area contributed by atoms with E-state index >= 15 is 0 Å². The van der Waals surface area contributed by atoms with Gasteiger partial charge in [0.1, 0.15) is 6.10 Å². The van der Waals surface area contributed by atoms with Crippen LogP contribution in [-0.2, 0) is 14.3 Å². The molecule has 0 aliphatic heterocycles. The second-order valence-corrected chi connectivity index (χ2v) is 19.3. The normalized spacial score (nSPS) is 13.2. The van der Waals surface area contributed by atoms with E-state index in [1.54, 1.807) is 0 Å². The Hall–Kier alpha value is -1.40. The van der Waals surface area contributed by atoms with E-state index in [1.807, 2.05) is 0 Å². The zero-order valence-corrected chi connectivity index (χ0v) is 42.0. The van der Waals surface area contributed by atoms with Crippen LogP contribution in [0.2, 0.25) is 0 Å². The van der Waals surface area contributed by atoms with Crippen molar-refractivity contribution in [1.82, 2.24) is 5.32 Å². The lowest BCUT2D eigenvalue weighted by atomic mass is 10.0. The van der Waals surface area contributed by atoms with E-state index in [-0.39, 0.29) is 24.9 Å². The summed E-state index contributed by atoms with van der Waals surface area (Å²) in [6.45, 7) is 6.51. The molecule has 0 spiro atoms. The van der Waals surface area contributed by atoms with E-state index in [4.69, 9.17) is 4.74 Å². The largest absolute Gasteiger partial charge is 0.462 e. The molecule has 6 nitrogen and oxygen atoms in total. The van der Waals surface area contributed by atoms with Crippen LogP contribution in [0.3, 0.4) is 0 Å². The van der Waals surface area contributed by atoms with Crippen molar-refractivity contribution in [2.75, 3.05) is 6.61 Å². The van der Waals surface area contributed by atoms with Crippen molar-refractivity contribution in [3.05, 3.63) is 12.2 Å². The number of allylic oxidation sites excluding steroid dienone is 2. The number of rotatable bonds is 51. The highest BCUT2D eigenvalue weighted by molar-refractivity contribution is 5.77. The molecule has 0 heterocycles. The van der Waals surface area contributed by atoms with E-state index < -0.39 is 18.2 Å². The molecule has 0 saturated carbocycles. The van der Waals surface area contributed by atoms with Crippen molar-refractivity contribution in [1.29, 1.82) is 0 Å². The molecule has 0 aromatic carbocycles. The van der Waals surface area contributed by atoms with Crippen molar-refractivity contribution in [3.63, 3.8) is 0 Å². The first-order valence-corrected chi connectivity index (χ1v) is 27.9. The molecule has 62 heavy (non-hydrogen) atoms. The number of esters is 1. The molecule has 0 radical (unpaired) electrons. The molecule has 3 N–H and O–H groups in total. The average Bonchev–Trinajstić information content (AvgIpc) is 3.26. The lowest BCUT2D eigenvalue weighted by Gasteiger charge is -2.24.